The molecule has 0 unspecified atom stereocenters. The summed E-state index contributed by atoms with van der Waals surface area (Å²) in [5.41, 5.74) is 1.43. The van der Waals surface area contributed by atoms with Gasteiger partial charge >= 0.3 is 0 Å². The molecule has 0 saturated carbocycles. The van der Waals surface area contributed by atoms with Crippen molar-refractivity contribution in [2.45, 2.75) is 24.3 Å². The molecule has 0 spiro atoms. The van der Waals surface area contributed by atoms with E-state index in [4.69, 9.17) is 4.74 Å². The number of rotatable bonds is 4. The Morgan fingerprint density at radius 3 is 2.58 bits per heavy atom. The van der Waals surface area contributed by atoms with Gasteiger partial charge in [-0.1, -0.05) is 28.1 Å². The topological polar surface area (TPSA) is 72.5 Å². The Balaban J connectivity index is 1.76. The zero-order valence-electron chi connectivity index (χ0n) is 13.0. The molecule has 2 aromatic rings. The maximum atomic E-state index is 12.5. The third-order valence-electron chi connectivity index (χ3n) is 3.82. The highest BCUT2D eigenvalue weighted by atomic mass is 79.9. The first kappa shape index (κ1) is 17.1. The van der Waals surface area contributed by atoms with Gasteiger partial charge in [-0.25, -0.2) is 13.1 Å². The van der Waals surface area contributed by atoms with Crippen LogP contribution in [0.15, 0.2) is 51.8 Å². The molecule has 0 amide bonds. The first-order valence-electron chi connectivity index (χ1n) is 7.40. The van der Waals surface area contributed by atoms with E-state index in [1.165, 1.54) is 31.2 Å². The maximum absolute atomic E-state index is 12.5. The summed E-state index contributed by atoms with van der Waals surface area (Å²) in [5, 5.41) is 0. The van der Waals surface area contributed by atoms with E-state index < -0.39 is 10.0 Å². The Hall–Kier alpha value is -1.70. The second kappa shape index (κ2) is 6.66. The molecule has 7 heteroatoms. The maximum Gasteiger partial charge on any atom is 0.240 e. The number of carbonyl (C=O) groups is 1. The number of Topliss-reactive ketones (excluding diaryl/α,β-unsaturated/α-hetero) is 1. The summed E-state index contributed by atoms with van der Waals surface area (Å²) in [5.74, 6) is 0.675. The van der Waals surface area contributed by atoms with Gasteiger partial charge in [0.1, 0.15) is 12.4 Å². The van der Waals surface area contributed by atoms with Gasteiger partial charge in [0, 0.05) is 10.0 Å². The highest BCUT2D eigenvalue weighted by molar-refractivity contribution is 9.10. The quantitative estimate of drug-likeness (QED) is 0.787. The van der Waals surface area contributed by atoms with E-state index in [0.29, 0.717) is 12.0 Å². The lowest BCUT2D eigenvalue weighted by atomic mass is 10.0. The van der Waals surface area contributed by atoms with E-state index in [1.807, 2.05) is 18.2 Å². The first-order valence-corrected chi connectivity index (χ1v) is 9.67. The number of benzene rings is 2. The van der Waals surface area contributed by atoms with Crippen LogP contribution in [0.2, 0.25) is 0 Å². The van der Waals surface area contributed by atoms with Gasteiger partial charge < -0.3 is 4.74 Å². The predicted molar refractivity (Wildman–Crippen MR) is 93.9 cm³/mol. The summed E-state index contributed by atoms with van der Waals surface area (Å²) in [6, 6.07) is 11.2. The number of halogens is 1. The molecule has 1 atom stereocenters. The molecule has 2 aromatic carbocycles. The lowest BCUT2D eigenvalue weighted by Gasteiger charge is -2.26. The van der Waals surface area contributed by atoms with Gasteiger partial charge in [0.05, 0.1) is 10.9 Å². The Morgan fingerprint density at radius 1 is 1.21 bits per heavy atom. The third-order valence-corrected chi connectivity index (χ3v) is 5.85. The fourth-order valence-electron chi connectivity index (χ4n) is 2.60. The average molecular weight is 410 g/mol. The van der Waals surface area contributed by atoms with Crippen LogP contribution in [0.5, 0.6) is 5.75 Å². The lowest BCUT2D eigenvalue weighted by molar-refractivity contribution is 0.101. The number of hydrogen-bond acceptors (Lipinski definition) is 4. The van der Waals surface area contributed by atoms with Crippen LogP contribution in [0.1, 0.15) is 22.8 Å². The molecule has 1 N–H and O–H groups in total. The summed E-state index contributed by atoms with van der Waals surface area (Å²) in [7, 11) is -3.67. The molecule has 0 saturated heterocycles. The minimum Gasteiger partial charge on any atom is -0.492 e. The minimum absolute atomic E-state index is 0.102. The van der Waals surface area contributed by atoms with Crippen LogP contribution in [-0.2, 0) is 16.4 Å². The molecule has 5 nitrogen and oxygen atoms in total. The first-order chi connectivity index (χ1) is 11.3. The Kier molecular flexibility index (Phi) is 4.76. The summed E-state index contributed by atoms with van der Waals surface area (Å²) in [6.07, 6.45) is 0.555. The van der Waals surface area contributed by atoms with E-state index in [2.05, 4.69) is 20.7 Å². The molecule has 1 aliphatic rings. The molecule has 0 fully saturated rings. The number of sulfonamides is 1. The third kappa shape index (κ3) is 3.68. The van der Waals surface area contributed by atoms with Crippen molar-refractivity contribution in [2.75, 3.05) is 6.61 Å². The molecule has 1 aliphatic heterocycles. The Bertz CT molecular complexity index is 878. The van der Waals surface area contributed by atoms with Crippen molar-refractivity contribution in [3.63, 3.8) is 0 Å². The molecule has 3 rings (SSSR count). The molecule has 1 heterocycles. The minimum atomic E-state index is -3.67. The van der Waals surface area contributed by atoms with Gasteiger partial charge in [0.25, 0.3) is 0 Å². The van der Waals surface area contributed by atoms with Crippen LogP contribution in [0.25, 0.3) is 0 Å². The molecular formula is C17H16BrNO4S. The van der Waals surface area contributed by atoms with Crippen molar-refractivity contribution in [3.05, 3.63) is 58.1 Å². The molecule has 24 heavy (non-hydrogen) atoms. The van der Waals surface area contributed by atoms with Gasteiger partial charge in [-0.3, -0.25) is 4.79 Å². The molecule has 0 bridgehead atoms. The van der Waals surface area contributed by atoms with Crippen LogP contribution in [0.4, 0.5) is 0 Å². The Labute approximate surface area is 149 Å². The second-order valence-corrected chi connectivity index (χ2v) is 8.30. The van der Waals surface area contributed by atoms with Crippen molar-refractivity contribution in [1.29, 1.82) is 0 Å². The van der Waals surface area contributed by atoms with Gasteiger partial charge in [0.2, 0.25) is 10.0 Å². The molecule has 0 aliphatic carbocycles. The van der Waals surface area contributed by atoms with Crippen LogP contribution in [0.3, 0.4) is 0 Å². The molecule has 0 radical (unpaired) electrons. The Morgan fingerprint density at radius 2 is 1.92 bits per heavy atom. The summed E-state index contributed by atoms with van der Waals surface area (Å²) < 4.78 is 34.2. The van der Waals surface area contributed by atoms with Crippen LogP contribution >= 0.6 is 15.9 Å². The summed E-state index contributed by atoms with van der Waals surface area (Å²) in [6.45, 7) is 1.72. The standard InChI is InChI=1S/C17H16BrNO4S/c1-11(20)12-2-5-16(6-3-12)24(21,22)19-15-9-13-8-14(18)4-7-17(13)23-10-15/h2-8,15,19H,9-10H2,1H3/t15-/m0/s1. The molecule has 0 aromatic heterocycles. The second-order valence-electron chi connectivity index (χ2n) is 5.67. The zero-order valence-corrected chi connectivity index (χ0v) is 15.4. The molecular weight excluding hydrogens is 394 g/mol. The smallest absolute Gasteiger partial charge is 0.240 e. The van der Waals surface area contributed by atoms with Crippen molar-refractivity contribution >= 4 is 31.7 Å². The number of ether oxygens (including phenoxy) is 1. The van der Waals surface area contributed by atoms with Gasteiger partial charge in [-0.2, -0.15) is 0 Å². The van der Waals surface area contributed by atoms with Crippen molar-refractivity contribution < 1.29 is 17.9 Å². The summed E-state index contributed by atoms with van der Waals surface area (Å²) in [4.78, 5) is 11.4. The lowest BCUT2D eigenvalue weighted by Crippen LogP contribution is -2.42. The van der Waals surface area contributed by atoms with Gasteiger partial charge in [-0.15, -0.1) is 0 Å². The van der Waals surface area contributed by atoms with E-state index in [-0.39, 0.29) is 23.3 Å². The van der Waals surface area contributed by atoms with E-state index in [9.17, 15) is 13.2 Å². The number of ketones is 1. The van der Waals surface area contributed by atoms with E-state index >= 15 is 0 Å². The van der Waals surface area contributed by atoms with Crippen molar-refractivity contribution in [2.24, 2.45) is 0 Å². The number of hydrogen-bond donors (Lipinski definition) is 1. The predicted octanol–water partition coefficient (Wildman–Crippen LogP) is 2.93. The zero-order chi connectivity index (χ0) is 17.3. The number of fused-ring (bicyclic) bond motifs is 1. The van der Waals surface area contributed by atoms with Crippen LogP contribution in [0, 0.1) is 0 Å². The van der Waals surface area contributed by atoms with Crippen LogP contribution in [-0.4, -0.2) is 26.8 Å². The molecule has 126 valence electrons. The van der Waals surface area contributed by atoms with Gasteiger partial charge in [0.15, 0.2) is 5.78 Å². The largest absolute Gasteiger partial charge is 0.492 e. The number of nitrogens with one attached hydrogen (secondary N) is 1. The average Bonchev–Trinajstić information content (AvgIpc) is 2.54. The SMILES string of the molecule is CC(=O)c1ccc(S(=O)(=O)N[C@@H]2COc3ccc(Br)cc3C2)cc1. The highest BCUT2D eigenvalue weighted by Crippen LogP contribution is 2.28. The van der Waals surface area contributed by atoms with Crippen molar-refractivity contribution in [3.8, 4) is 5.75 Å². The fraction of sp³-hybridized carbons (Fsp3) is 0.235. The van der Waals surface area contributed by atoms with E-state index in [0.717, 1.165) is 15.8 Å². The highest BCUT2D eigenvalue weighted by Gasteiger charge is 2.25. The normalized spacial score (nSPS) is 17.0. The monoisotopic (exact) mass is 409 g/mol. The van der Waals surface area contributed by atoms with Gasteiger partial charge in [-0.05, 0) is 49.2 Å². The number of carbonyl (C=O) groups excluding carboxylic acids is 1. The van der Waals surface area contributed by atoms with Crippen molar-refractivity contribution in [1.82, 2.24) is 4.72 Å². The van der Waals surface area contributed by atoms with E-state index in [1.54, 1.807) is 0 Å². The fourth-order valence-corrected chi connectivity index (χ4v) is 4.22. The van der Waals surface area contributed by atoms with Crippen LogP contribution < -0.4 is 9.46 Å². The summed E-state index contributed by atoms with van der Waals surface area (Å²) >= 11 is 3.41.